The normalized spacial score (nSPS) is 13.4. The molecule has 0 aliphatic carbocycles. The van der Waals surface area contributed by atoms with Crippen LogP contribution in [0.5, 0.6) is 0 Å². The molecule has 2 heteroatoms. The molecule has 0 aliphatic rings. The summed E-state index contributed by atoms with van der Waals surface area (Å²) in [5.41, 5.74) is 2.65. The fourth-order valence-corrected chi connectivity index (χ4v) is 2.10. The first-order valence-electron chi connectivity index (χ1n) is 4.99. The number of nitrogens with one attached hydrogen (secondary N) is 1. The average molecular weight is 252 g/mol. The molecule has 1 unspecified atom stereocenters. The van der Waals surface area contributed by atoms with Crippen LogP contribution < -0.4 is 0 Å². The zero-order chi connectivity index (χ0) is 10.1. The number of aromatic nitrogens is 1. The van der Waals surface area contributed by atoms with Crippen LogP contribution in [0.25, 0.3) is 10.9 Å². The Morgan fingerprint density at radius 1 is 1.43 bits per heavy atom. The van der Waals surface area contributed by atoms with Crippen molar-refractivity contribution in [3.63, 3.8) is 0 Å². The summed E-state index contributed by atoms with van der Waals surface area (Å²) in [7, 11) is 0. The van der Waals surface area contributed by atoms with E-state index in [1.165, 1.54) is 22.9 Å². The maximum atomic E-state index is 3.51. The second-order valence-electron chi connectivity index (χ2n) is 3.74. The van der Waals surface area contributed by atoms with E-state index in [0.29, 0.717) is 5.92 Å². The highest BCUT2D eigenvalue weighted by molar-refractivity contribution is 9.10. The third-order valence-corrected chi connectivity index (χ3v) is 3.31. The molecule has 2 rings (SSSR count). The Balaban J connectivity index is 2.61. The summed E-state index contributed by atoms with van der Waals surface area (Å²) in [6.45, 7) is 4.49. The number of hydrogen-bond acceptors (Lipinski definition) is 0. The number of rotatable bonds is 2. The summed E-state index contributed by atoms with van der Waals surface area (Å²) in [4.78, 5) is 3.31. The first-order chi connectivity index (χ1) is 6.72. The Kier molecular flexibility index (Phi) is 2.64. The first kappa shape index (κ1) is 9.78. The van der Waals surface area contributed by atoms with Crippen molar-refractivity contribution >= 4 is 26.8 Å². The van der Waals surface area contributed by atoms with Gasteiger partial charge in [-0.05, 0) is 36.1 Å². The molecule has 1 aromatic heterocycles. The molecule has 14 heavy (non-hydrogen) atoms. The molecule has 0 saturated heterocycles. The lowest BCUT2D eigenvalue weighted by molar-refractivity contribution is 0.739. The van der Waals surface area contributed by atoms with E-state index in [2.05, 4.69) is 59.2 Å². The molecule has 0 spiro atoms. The van der Waals surface area contributed by atoms with Gasteiger partial charge in [0.1, 0.15) is 0 Å². The number of benzene rings is 1. The molecule has 2 aromatic rings. The van der Waals surface area contributed by atoms with Crippen molar-refractivity contribution in [2.45, 2.75) is 26.2 Å². The molecule has 1 N–H and O–H groups in total. The molecular formula is C12H14BrN. The topological polar surface area (TPSA) is 15.8 Å². The molecule has 74 valence electrons. The Morgan fingerprint density at radius 2 is 2.21 bits per heavy atom. The zero-order valence-electron chi connectivity index (χ0n) is 8.47. The van der Waals surface area contributed by atoms with E-state index in [0.717, 1.165) is 4.47 Å². The van der Waals surface area contributed by atoms with Crippen LogP contribution in [0.2, 0.25) is 0 Å². The second-order valence-corrected chi connectivity index (χ2v) is 4.66. The van der Waals surface area contributed by atoms with Crippen molar-refractivity contribution in [1.29, 1.82) is 0 Å². The van der Waals surface area contributed by atoms with Crippen molar-refractivity contribution in [2.24, 2.45) is 0 Å². The van der Waals surface area contributed by atoms with Crippen LogP contribution in [0.1, 0.15) is 31.7 Å². The Morgan fingerprint density at radius 3 is 2.93 bits per heavy atom. The third kappa shape index (κ3) is 1.59. The number of aromatic amines is 1. The third-order valence-electron chi connectivity index (χ3n) is 2.82. The van der Waals surface area contributed by atoms with Crippen molar-refractivity contribution in [2.75, 3.05) is 0 Å². The average Bonchev–Trinajstić information content (AvgIpc) is 2.59. The highest BCUT2D eigenvalue weighted by Crippen LogP contribution is 2.29. The molecule has 1 nitrogen and oxygen atoms in total. The number of fused-ring (bicyclic) bond motifs is 1. The summed E-state index contributed by atoms with van der Waals surface area (Å²) in [6.07, 6.45) is 3.31. The van der Waals surface area contributed by atoms with Gasteiger partial charge < -0.3 is 4.98 Å². The van der Waals surface area contributed by atoms with Gasteiger partial charge in [0.2, 0.25) is 0 Å². The highest BCUT2D eigenvalue weighted by Gasteiger charge is 2.09. The number of hydrogen-bond donors (Lipinski definition) is 1. The molecular weight excluding hydrogens is 238 g/mol. The van der Waals surface area contributed by atoms with Gasteiger partial charge in [0, 0.05) is 21.6 Å². The van der Waals surface area contributed by atoms with E-state index in [9.17, 15) is 0 Å². The minimum absolute atomic E-state index is 0.623. The molecule has 0 aliphatic heterocycles. The van der Waals surface area contributed by atoms with Crippen LogP contribution in [0.15, 0.2) is 28.9 Å². The molecule has 0 bridgehead atoms. The minimum atomic E-state index is 0.623. The summed E-state index contributed by atoms with van der Waals surface area (Å²) in [5.74, 6) is 0.623. The summed E-state index contributed by atoms with van der Waals surface area (Å²) in [6, 6.07) is 6.37. The van der Waals surface area contributed by atoms with Crippen LogP contribution in [-0.4, -0.2) is 4.98 Å². The smallest absolute Gasteiger partial charge is 0.0457 e. The second kappa shape index (κ2) is 3.77. The van der Waals surface area contributed by atoms with E-state index in [4.69, 9.17) is 0 Å². The Labute approximate surface area is 92.6 Å². The molecule has 0 saturated carbocycles. The van der Waals surface area contributed by atoms with Gasteiger partial charge in [0.15, 0.2) is 0 Å². The van der Waals surface area contributed by atoms with E-state index >= 15 is 0 Å². The van der Waals surface area contributed by atoms with Gasteiger partial charge >= 0.3 is 0 Å². The predicted octanol–water partition coefficient (Wildman–Crippen LogP) is 4.44. The molecule has 1 atom stereocenters. The van der Waals surface area contributed by atoms with E-state index in [1.807, 2.05) is 0 Å². The lowest BCUT2D eigenvalue weighted by Crippen LogP contribution is -1.88. The molecule has 1 aromatic carbocycles. The molecule has 0 fully saturated rings. The standard InChI is InChI=1S/C12H14BrN/c1-3-8(2)11-7-14-12-5-4-9(13)6-10(11)12/h4-8,14H,3H2,1-2H3. The predicted molar refractivity (Wildman–Crippen MR) is 64.7 cm³/mol. The molecule has 1 heterocycles. The quantitative estimate of drug-likeness (QED) is 0.813. The van der Waals surface area contributed by atoms with E-state index in [-0.39, 0.29) is 0 Å². The summed E-state index contributed by atoms with van der Waals surface area (Å²) < 4.78 is 1.15. The van der Waals surface area contributed by atoms with Crippen LogP contribution in [0.3, 0.4) is 0 Å². The lowest BCUT2D eigenvalue weighted by atomic mass is 9.98. The maximum Gasteiger partial charge on any atom is 0.0457 e. The Bertz CT molecular complexity index is 445. The SMILES string of the molecule is CCC(C)c1c[nH]c2ccc(Br)cc12. The largest absolute Gasteiger partial charge is 0.361 e. The van der Waals surface area contributed by atoms with E-state index < -0.39 is 0 Å². The van der Waals surface area contributed by atoms with Crippen LogP contribution >= 0.6 is 15.9 Å². The van der Waals surface area contributed by atoms with Gasteiger partial charge in [-0.2, -0.15) is 0 Å². The van der Waals surface area contributed by atoms with Crippen LogP contribution in [0.4, 0.5) is 0 Å². The van der Waals surface area contributed by atoms with Crippen molar-refractivity contribution < 1.29 is 0 Å². The minimum Gasteiger partial charge on any atom is -0.361 e. The first-order valence-corrected chi connectivity index (χ1v) is 5.78. The summed E-state index contributed by atoms with van der Waals surface area (Å²) >= 11 is 3.51. The van der Waals surface area contributed by atoms with Crippen molar-refractivity contribution in [3.8, 4) is 0 Å². The van der Waals surface area contributed by atoms with Crippen molar-refractivity contribution in [3.05, 3.63) is 34.4 Å². The summed E-state index contributed by atoms with van der Waals surface area (Å²) in [5, 5.41) is 1.34. The molecule has 0 radical (unpaired) electrons. The molecule has 0 amide bonds. The number of H-pyrrole nitrogens is 1. The lowest BCUT2D eigenvalue weighted by Gasteiger charge is -2.06. The van der Waals surface area contributed by atoms with Crippen LogP contribution in [-0.2, 0) is 0 Å². The van der Waals surface area contributed by atoms with E-state index in [1.54, 1.807) is 0 Å². The van der Waals surface area contributed by atoms with Gasteiger partial charge in [-0.25, -0.2) is 0 Å². The number of halogens is 1. The maximum absolute atomic E-state index is 3.51. The monoisotopic (exact) mass is 251 g/mol. The van der Waals surface area contributed by atoms with Gasteiger partial charge in [-0.15, -0.1) is 0 Å². The van der Waals surface area contributed by atoms with Gasteiger partial charge in [0.05, 0.1) is 0 Å². The fraction of sp³-hybridized carbons (Fsp3) is 0.333. The highest BCUT2D eigenvalue weighted by atomic mass is 79.9. The van der Waals surface area contributed by atoms with Gasteiger partial charge in [-0.3, -0.25) is 0 Å². The van der Waals surface area contributed by atoms with Gasteiger partial charge in [0.25, 0.3) is 0 Å². The van der Waals surface area contributed by atoms with Crippen molar-refractivity contribution in [1.82, 2.24) is 4.98 Å². The fourth-order valence-electron chi connectivity index (χ4n) is 1.74. The Hall–Kier alpha value is -0.760. The van der Waals surface area contributed by atoms with Crippen LogP contribution in [0, 0.1) is 0 Å². The zero-order valence-corrected chi connectivity index (χ0v) is 10.1. The van der Waals surface area contributed by atoms with Gasteiger partial charge in [-0.1, -0.05) is 29.8 Å².